The minimum Gasteiger partial charge on any atom is -0.823 e. The van der Waals surface area contributed by atoms with Gasteiger partial charge < -0.3 is 9.84 Å². The third-order valence-corrected chi connectivity index (χ3v) is 2.07. The summed E-state index contributed by atoms with van der Waals surface area (Å²) < 4.78 is 6.60. The van der Waals surface area contributed by atoms with Crippen molar-refractivity contribution in [3.8, 4) is 0 Å². The topological polar surface area (TPSA) is 36.2 Å². The van der Waals surface area contributed by atoms with Crippen LogP contribution in [0.1, 0.15) is 12.0 Å². The molecular weight excluding hydrogens is 138 g/mol. The number of aromatic nitrogens is 1. The lowest BCUT2D eigenvalue weighted by atomic mass is 10.5. The van der Waals surface area contributed by atoms with Crippen molar-refractivity contribution in [1.82, 2.24) is 0 Å². The van der Waals surface area contributed by atoms with Gasteiger partial charge in [-0.3, -0.25) is 0 Å². The molecule has 2 heterocycles. The molecule has 1 atom stereocenters. The largest absolute Gasteiger partial charge is 0.823 e. The second kappa shape index (κ2) is 1.76. The summed E-state index contributed by atoms with van der Waals surface area (Å²) in [7, 11) is 0. The van der Waals surface area contributed by atoms with Gasteiger partial charge in [0.2, 0.25) is 11.2 Å². The van der Waals surface area contributed by atoms with Gasteiger partial charge in [0.1, 0.15) is 0 Å². The molecule has 48 valence electrons. The van der Waals surface area contributed by atoms with Crippen LogP contribution in [0.3, 0.4) is 0 Å². The van der Waals surface area contributed by atoms with E-state index in [9.17, 15) is 5.11 Å². The van der Waals surface area contributed by atoms with E-state index in [0.717, 1.165) is 5.69 Å². The molecule has 0 radical (unpaired) electrons. The van der Waals surface area contributed by atoms with Gasteiger partial charge in [0.15, 0.2) is 0 Å². The summed E-state index contributed by atoms with van der Waals surface area (Å²) in [5.41, 5.74) is 2.63. The van der Waals surface area contributed by atoms with Gasteiger partial charge in [-0.25, -0.2) is 0 Å². The summed E-state index contributed by atoms with van der Waals surface area (Å²) in [5.74, 6) is 0. The number of rotatable bonds is 0. The Morgan fingerprint density at radius 3 is 3.56 bits per heavy atom. The van der Waals surface area contributed by atoms with E-state index in [1.807, 2.05) is 15.5 Å². The molecule has 0 N–H and O–H groups in total. The summed E-state index contributed by atoms with van der Waals surface area (Å²) >= 11 is 1.53. The molecule has 1 aromatic rings. The van der Waals surface area contributed by atoms with E-state index in [2.05, 4.69) is 0 Å². The Morgan fingerprint density at radius 1 is 1.89 bits per heavy atom. The van der Waals surface area contributed by atoms with Crippen molar-refractivity contribution in [2.24, 2.45) is 0 Å². The van der Waals surface area contributed by atoms with Gasteiger partial charge in [-0.2, -0.15) is 4.57 Å². The molecule has 0 saturated heterocycles. The van der Waals surface area contributed by atoms with E-state index in [0.29, 0.717) is 6.73 Å². The Kier molecular flexibility index (Phi) is 1.05. The number of hydrogen-bond donors (Lipinski definition) is 0. The van der Waals surface area contributed by atoms with Crippen LogP contribution in [-0.4, -0.2) is 0 Å². The molecule has 0 spiro atoms. The number of nitrogens with zero attached hydrogens (tertiary/aromatic N) is 1. The average molecular weight is 143 g/mol. The normalized spacial score (nSPS) is 24.3. The van der Waals surface area contributed by atoms with Crippen molar-refractivity contribution in [2.45, 2.75) is 13.0 Å². The molecule has 0 amide bonds. The van der Waals surface area contributed by atoms with Crippen molar-refractivity contribution in [3.05, 3.63) is 16.6 Å². The Balaban J connectivity index is 2.49. The Hall–Kier alpha value is -0.450. The predicted octanol–water partition coefficient (Wildman–Crippen LogP) is -0.618. The fraction of sp³-hybridized carbons (Fsp3) is 0.400. The summed E-state index contributed by atoms with van der Waals surface area (Å²) in [4.78, 5) is 0. The van der Waals surface area contributed by atoms with Gasteiger partial charge in [-0.15, -0.1) is 0 Å². The van der Waals surface area contributed by atoms with Gasteiger partial charge in [0.25, 0.3) is 6.73 Å². The van der Waals surface area contributed by atoms with Crippen LogP contribution in [0, 0.1) is 0 Å². The van der Waals surface area contributed by atoms with E-state index in [1.54, 1.807) is 0 Å². The Morgan fingerprint density at radius 2 is 2.78 bits per heavy atom. The SMILES string of the molecule is [O-]C1OC[n+]2cscc21. The maximum absolute atomic E-state index is 10.8. The fourth-order valence-corrected chi connectivity index (χ4v) is 1.61. The minimum absolute atomic E-state index is 0.424. The van der Waals surface area contributed by atoms with Gasteiger partial charge >= 0.3 is 0 Å². The van der Waals surface area contributed by atoms with Crippen LogP contribution in [0.4, 0.5) is 0 Å². The summed E-state index contributed by atoms with van der Waals surface area (Å²) in [6.07, 6.45) is -0.948. The molecule has 9 heavy (non-hydrogen) atoms. The second-order valence-corrected chi connectivity index (χ2v) is 2.60. The number of thiazole rings is 1. The average Bonchev–Trinajstić information content (AvgIpc) is 2.35. The van der Waals surface area contributed by atoms with Crippen molar-refractivity contribution < 1.29 is 14.4 Å². The third-order valence-electron chi connectivity index (χ3n) is 1.32. The maximum atomic E-state index is 10.8. The Bertz CT molecular complexity index is 222. The highest BCUT2D eigenvalue weighted by Gasteiger charge is 2.22. The van der Waals surface area contributed by atoms with Gasteiger partial charge in [-0.05, 0) is 0 Å². The number of hydrogen-bond acceptors (Lipinski definition) is 3. The molecule has 0 aromatic carbocycles. The first-order valence-corrected chi connectivity index (χ1v) is 3.55. The van der Waals surface area contributed by atoms with Gasteiger partial charge in [0.05, 0.1) is 11.7 Å². The van der Waals surface area contributed by atoms with Gasteiger partial charge in [0, 0.05) is 0 Å². The van der Waals surface area contributed by atoms with Crippen LogP contribution >= 0.6 is 11.3 Å². The molecule has 0 saturated carbocycles. The molecule has 1 aliphatic heterocycles. The first kappa shape index (κ1) is 5.34. The molecule has 3 nitrogen and oxygen atoms in total. The van der Waals surface area contributed by atoms with Crippen molar-refractivity contribution in [2.75, 3.05) is 0 Å². The summed E-state index contributed by atoms with van der Waals surface area (Å²) in [5, 5.41) is 12.6. The molecule has 1 aromatic heterocycles. The molecule has 1 unspecified atom stereocenters. The van der Waals surface area contributed by atoms with Crippen LogP contribution in [0.25, 0.3) is 0 Å². The molecule has 4 heteroatoms. The third kappa shape index (κ3) is 0.676. The van der Waals surface area contributed by atoms with E-state index in [-0.39, 0.29) is 0 Å². The minimum atomic E-state index is -0.948. The highest BCUT2D eigenvalue weighted by Crippen LogP contribution is 2.14. The lowest BCUT2D eigenvalue weighted by Gasteiger charge is -2.05. The molecule has 1 aliphatic rings. The van der Waals surface area contributed by atoms with E-state index < -0.39 is 6.29 Å². The lowest BCUT2D eigenvalue weighted by molar-refractivity contribution is -0.709. The zero-order valence-corrected chi connectivity index (χ0v) is 5.43. The zero-order valence-electron chi connectivity index (χ0n) is 4.61. The molecule has 2 rings (SSSR count). The first-order valence-electron chi connectivity index (χ1n) is 2.61. The fourth-order valence-electron chi connectivity index (χ4n) is 0.831. The lowest BCUT2D eigenvalue weighted by Crippen LogP contribution is -2.30. The predicted molar refractivity (Wildman–Crippen MR) is 28.3 cm³/mol. The van der Waals surface area contributed by atoms with Crippen LogP contribution < -0.4 is 9.67 Å². The van der Waals surface area contributed by atoms with Crippen LogP contribution in [-0.2, 0) is 11.5 Å². The number of ether oxygens (including phenoxy) is 1. The van der Waals surface area contributed by atoms with Crippen LogP contribution in [0.2, 0.25) is 0 Å². The quantitative estimate of drug-likeness (QED) is 0.454. The van der Waals surface area contributed by atoms with Crippen molar-refractivity contribution in [3.63, 3.8) is 0 Å². The summed E-state index contributed by atoms with van der Waals surface area (Å²) in [6.45, 7) is 0.424. The monoisotopic (exact) mass is 143 g/mol. The molecule has 0 bridgehead atoms. The Labute approximate surface area is 56.1 Å². The molecule has 0 aliphatic carbocycles. The standard InChI is InChI=1S/C5H5NO2S/c7-5-4-1-9-3-6(4)2-8-5/h1,3,5H,2H2. The summed E-state index contributed by atoms with van der Waals surface area (Å²) in [6, 6.07) is 0. The molecule has 0 fully saturated rings. The second-order valence-electron chi connectivity index (χ2n) is 1.88. The highest BCUT2D eigenvalue weighted by molar-refractivity contribution is 7.07. The van der Waals surface area contributed by atoms with Crippen LogP contribution in [0.5, 0.6) is 0 Å². The van der Waals surface area contributed by atoms with Crippen LogP contribution in [0.15, 0.2) is 10.9 Å². The zero-order chi connectivity index (χ0) is 6.27. The van der Waals surface area contributed by atoms with E-state index >= 15 is 0 Å². The van der Waals surface area contributed by atoms with Crippen molar-refractivity contribution in [1.29, 1.82) is 0 Å². The first-order chi connectivity index (χ1) is 4.38. The van der Waals surface area contributed by atoms with Gasteiger partial charge in [-0.1, -0.05) is 11.3 Å². The maximum Gasteiger partial charge on any atom is 0.253 e. The highest BCUT2D eigenvalue weighted by atomic mass is 32.1. The number of fused-ring (bicyclic) bond motifs is 1. The molecular formula is C5H5NO2S. The smallest absolute Gasteiger partial charge is 0.253 e. The van der Waals surface area contributed by atoms with E-state index in [4.69, 9.17) is 4.74 Å². The van der Waals surface area contributed by atoms with Crippen molar-refractivity contribution >= 4 is 11.3 Å². The van der Waals surface area contributed by atoms with E-state index in [1.165, 1.54) is 11.3 Å².